The number of benzene rings is 2. The molecule has 2 atom stereocenters. The second kappa shape index (κ2) is 9.14. The van der Waals surface area contributed by atoms with Gasteiger partial charge in [-0.05, 0) is 42.8 Å². The van der Waals surface area contributed by atoms with Crippen molar-refractivity contribution in [3.05, 3.63) is 65.5 Å². The molecule has 0 spiro atoms. The van der Waals surface area contributed by atoms with E-state index in [0.717, 1.165) is 10.6 Å². The molecule has 2 rings (SSSR count). The van der Waals surface area contributed by atoms with Crippen LogP contribution in [-0.2, 0) is 6.54 Å². The van der Waals surface area contributed by atoms with E-state index in [-0.39, 0.29) is 18.4 Å². The molecule has 0 aliphatic carbocycles. The largest absolute Gasteiger partial charge is 0.459 e. The summed E-state index contributed by atoms with van der Waals surface area (Å²) in [6.45, 7) is 3.97. The number of carbonyl (C=O) groups excluding carboxylic acids is 1. The third kappa shape index (κ3) is 6.80. The van der Waals surface area contributed by atoms with E-state index in [1.807, 2.05) is 0 Å². The lowest BCUT2D eigenvalue weighted by Crippen LogP contribution is -2.48. The lowest BCUT2D eigenvalue weighted by Gasteiger charge is -2.29. The van der Waals surface area contributed by atoms with E-state index < -0.39 is 11.1 Å². The number of hydrogen-bond acceptors (Lipinski definition) is 5. The van der Waals surface area contributed by atoms with Crippen molar-refractivity contribution in [3.63, 3.8) is 0 Å². The molecule has 6 nitrogen and oxygen atoms in total. The predicted octanol–water partition coefficient (Wildman–Crippen LogP) is 3.09. The highest BCUT2D eigenvalue weighted by atomic mass is 35.5. The molecule has 4 N–H and O–H groups in total. The van der Waals surface area contributed by atoms with E-state index in [0.29, 0.717) is 17.9 Å². The molecule has 0 saturated heterocycles. The molecule has 27 heavy (non-hydrogen) atoms. The van der Waals surface area contributed by atoms with Gasteiger partial charge in [-0.1, -0.05) is 29.8 Å². The molecule has 0 fully saturated rings. The minimum atomic E-state index is -1.26. The van der Waals surface area contributed by atoms with E-state index in [1.54, 1.807) is 44.2 Å². The number of amides is 1. The van der Waals surface area contributed by atoms with Crippen LogP contribution in [0.5, 0.6) is 5.75 Å². The Morgan fingerprint density at radius 2 is 2.04 bits per heavy atom. The van der Waals surface area contributed by atoms with Crippen LogP contribution in [0, 0.1) is 5.82 Å². The molecule has 146 valence electrons. The van der Waals surface area contributed by atoms with Gasteiger partial charge in [-0.25, -0.2) is 4.39 Å². The molecule has 0 aliphatic rings. The molecule has 1 amide bonds. The van der Waals surface area contributed by atoms with Gasteiger partial charge in [0.05, 0.1) is 0 Å². The molecule has 8 heteroatoms. The third-order valence-corrected chi connectivity index (χ3v) is 4.12. The lowest BCUT2D eigenvalue weighted by molar-refractivity contribution is -0.131. The number of hydrogen-bond donors (Lipinski definition) is 3. The number of halogens is 2. The first-order valence-electron chi connectivity index (χ1n) is 8.39. The van der Waals surface area contributed by atoms with Crippen LogP contribution in [0.25, 0.3) is 0 Å². The van der Waals surface area contributed by atoms with Crippen molar-refractivity contribution in [2.24, 2.45) is 5.73 Å². The smallest absolute Gasteiger partial charge is 0.248 e. The quantitative estimate of drug-likeness (QED) is 0.263. The van der Waals surface area contributed by atoms with Crippen molar-refractivity contribution < 1.29 is 19.1 Å². The maximum Gasteiger partial charge on any atom is 0.248 e. The average molecular weight is 396 g/mol. The predicted molar refractivity (Wildman–Crippen MR) is 101 cm³/mol. The molecule has 2 aromatic carbocycles. The Morgan fingerprint density at radius 3 is 2.67 bits per heavy atom. The molecule has 0 saturated carbocycles. The van der Waals surface area contributed by atoms with Crippen LogP contribution in [0.3, 0.4) is 0 Å². The summed E-state index contributed by atoms with van der Waals surface area (Å²) in [7, 11) is 0. The molecular formula is C19H23ClFN3O3. The first-order valence-corrected chi connectivity index (χ1v) is 8.77. The van der Waals surface area contributed by atoms with Gasteiger partial charge in [0.1, 0.15) is 11.6 Å². The number of carbonyl (C=O) groups is 1. The first-order chi connectivity index (χ1) is 12.7. The van der Waals surface area contributed by atoms with Crippen molar-refractivity contribution in [2.45, 2.75) is 31.6 Å². The molecule has 0 aliphatic heterocycles. The topological polar surface area (TPSA) is 87.8 Å². The Balaban J connectivity index is 1.88. The Bertz CT molecular complexity index is 771. The van der Waals surface area contributed by atoms with Crippen LogP contribution >= 0.6 is 11.6 Å². The van der Waals surface area contributed by atoms with Crippen LogP contribution in [0.4, 0.5) is 4.39 Å². The van der Waals surface area contributed by atoms with E-state index in [4.69, 9.17) is 22.1 Å². The van der Waals surface area contributed by atoms with Crippen molar-refractivity contribution in [1.29, 1.82) is 0 Å². The second-order valence-corrected chi connectivity index (χ2v) is 7.09. The summed E-state index contributed by atoms with van der Waals surface area (Å²) in [6, 6.07) is 12.0. The molecule has 0 aromatic heterocycles. The fourth-order valence-corrected chi connectivity index (χ4v) is 2.50. The maximum atomic E-state index is 12.9. The first kappa shape index (κ1) is 21.1. The van der Waals surface area contributed by atoms with Gasteiger partial charge in [0.25, 0.3) is 0 Å². The number of hydroxylamine groups is 2. The monoisotopic (exact) mass is 395 g/mol. The zero-order chi connectivity index (χ0) is 20.0. The van der Waals surface area contributed by atoms with Gasteiger partial charge in [-0.15, -0.1) is 0 Å². The summed E-state index contributed by atoms with van der Waals surface area (Å²) >= 11 is 6.34. The molecule has 0 heterocycles. The number of nitrogens with two attached hydrogens (primary N) is 1. The van der Waals surface area contributed by atoms with E-state index in [9.17, 15) is 14.4 Å². The van der Waals surface area contributed by atoms with Gasteiger partial charge in [0.2, 0.25) is 11.1 Å². The zero-order valence-electron chi connectivity index (χ0n) is 15.2. The molecule has 0 unspecified atom stereocenters. The van der Waals surface area contributed by atoms with Gasteiger partial charge in [0.15, 0.2) is 0 Å². The number of ether oxygens (including phenoxy) is 1. The number of alkyl halides is 1. The summed E-state index contributed by atoms with van der Waals surface area (Å²) in [5.41, 5.74) is 6.34. The number of rotatable bonds is 9. The third-order valence-electron chi connectivity index (χ3n) is 3.91. The summed E-state index contributed by atoms with van der Waals surface area (Å²) < 4.78 is 18.6. The molecule has 0 bridgehead atoms. The normalized spacial score (nSPS) is 14.6. The van der Waals surface area contributed by atoms with Crippen LogP contribution in [0.2, 0.25) is 0 Å². The highest BCUT2D eigenvalue weighted by Gasteiger charge is 2.24. The van der Waals surface area contributed by atoms with Crippen LogP contribution in [0.1, 0.15) is 29.8 Å². The molecule has 0 radical (unpaired) electrons. The minimum Gasteiger partial charge on any atom is -0.459 e. The van der Waals surface area contributed by atoms with E-state index in [2.05, 4.69) is 5.32 Å². The van der Waals surface area contributed by atoms with E-state index >= 15 is 0 Å². The summed E-state index contributed by atoms with van der Waals surface area (Å²) in [5, 5.41) is 13.0. The van der Waals surface area contributed by atoms with Crippen LogP contribution < -0.4 is 15.8 Å². The Labute approximate surface area is 162 Å². The number of primary amides is 1. The van der Waals surface area contributed by atoms with Crippen LogP contribution in [-0.4, -0.2) is 33.9 Å². The van der Waals surface area contributed by atoms with Crippen molar-refractivity contribution in [1.82, 2.24) is 10.4 Å². The highest BCUT2D eigenvalue weighted by Crippen LogP contribution is 2.21. The summed E-state index contributed by atoms with van der Waals surface area (Å²) in [4.78, 5) is 11.2. The van der Waals surface area contributed by atoms with Gasteiger partial charge < -0.3 is 15.7 Å². The number of nitrogens with zero attached hydrogens (tertiary/aromatic N) is 1. The summed E-state index contributed by atoms with van der Waals surface area (Å²) in [6.07, 6.45) is 0. The SMILES string of the molecule is C[C@H](CN[C@@](C)(Cl)Oc1cccc(C(N)=O)c1)N(O)Cc1ccc(F)cc1. The van der Waals surface area contributed by atoms with Crippen molar-refractivity contribution >= 4 is 17.5 Å². The maximum absolute atomic E-state index is 12.9. The average Bonchev–Trinajstić information content (AvgIpc) is 2.61. The Kier molecular flexibility index (Phi) is 7.15. The molecule has 2 aromatic rings. The fraction of sp³-hybridized carbons (Fsp3) is 0.316. The van der Waals surface area contributed by atoms with Crippen molar-refractivity contribution in [2.75, 3.05) is 6.54 Å². The van der Waals surface area contributed by atoms with Gasteiger partial charge >= 0.3 is 0 Å². The van der Waals surface area contributed by atoms with Crippen LogP contribution in [0.15, 0.2) is 48.5 Å². The lowest BCUT2D eigenvalue weighted by atomic mass is 10.2. The zero-order valence-corrected chi connectivity index (χ0v) is 15.9. The van der Waals surface area contributed by atoms with Gasteiger partial charge in [-0.3, -0.25) is 10.1 Å². The molecular weight excluding hydrogens is 373 g/mol. The standard InChI is InChI=1S/C19H23ClFN3O3/c1-13(24(26)12-14-6-8-16(21)9-7-14)11-23-19(2,20)27-17-5-3-4-15(10-17)18(22)25/h3-10,13,23,26H,11-12H2,1-2H3,(H2,22,25)/t13-,19-/m1/s1. The van der Waals surface area contributed by atoms with E-state index in [1.165, 1.54) is 18.2 Å². The second-order valence-electron chi connectivity index (χ2n) is 6.36. The number of nitrogens with one attached hydrogen (secondary N) is 1. The highest BCUT2D eigenvalue weighted by molar-refractivity contribution is 6.22. The van der Waals surface area contributed by atoms with Crippen molar-refractivity contribution in [3.8, 4) is 5.75 Å². The van der Waals surface area contributed by atoms with Gasteiger partial charge in [-0.2, -0.15) is 5.06 Å². The van der Waals surface area contributed by atoms with Gasteiger partial charge in [0, 0.05) is 31.6 Å². The minimum absolute atomic E-state index is 0.240. The fourth-order valence-electron chi connectivity index (χ4n) is 2.34. The Morgan fingerprint density at radius 1 is 1.37 bits per heavy atom. The summed E-state index contributed by atoms with van der Waals surface area (Å²) in [5.74, 6) is -0.500. The Hall–Kier alpha value is -2.19.